The lowest BCUT2D eigenvalue weighted by molar-refractivity contribution is -0.137. The molecule has 2 rings (SSSR count). The van der Waals surface area contributed by atoms with Gasteiger partial charge in [0.2, 0.25) is 5.91 Å². The summed E-state index contributed by atoms with van der Waals surface area (Å²) >= 11 is 1.40. The summed E-state index contributed by atoms with van der Waals surface area (Å²) in [7, 11) is 0. The highest BCUT2D eigenvalue weighted by Gasteiger charge is 2.31. The molecule has 0 aliphatic heterocycles. The zero-order valence-corrected chi connectivity index (χ0v) is 10.8. The minimum Gasteiger partial charge on any atom is -0.327 e. The van der Waals surface area contributed by atoms with Gasteiger partial charge < -0.3 is 10.3 Å². The average molecular weight is 302 g/mol. The van der Waals surface area contributed by atoms with E-state index >= 15 is 0 Å². The summed E-state index contributed by atoms with van der Waals surface area (Å²) in [6, 6.07) is 2.34. The maximum Gasteiger partial charge on any atom is 0.417 e. The molecular formula is C12H9F3N2O2S. The number of thiophene rings is 1. The van der Waals surface area contributed by atoms with Crippen LogP contribution in [0.3, 0.4) is 0 Å². The standard InChI is InChI=1S/C12H9F3N2O2S/c13-12(14,15)8-4-9(11(19)16-5-8)17-10(18)3-7-1-2-20-6-7/h1-2,4-6H,3H2,(H,16,19)(H,17,18). The van der Waals surface area contributed by atoms with Crippen LogP contribution in [0.15, 0.2) is 33.9 Å². The molecule has 0 atom stereocenters. The highest BCUT2D eigenvalue weighted by atomic mass is 32.1. The number of rotatable bonds is 3. The first-order valence-electron chi connectivity index (χ1n) is 5.47. The molecular weight excluding hydrogens is 293 g/mol. The number of H-pyrrole nitrogens is 1. The number of nitrogens with one attached hydrogen (secondary N) is 2. The highest BCUT2D eigenvalue weighted by molar-refractivity contribution is 7.08. The zero-order valence-electron chi connectivity index (χ0n) is 9.95. The van der Waals surface area contributed by atoms with E-state index in [0.717, 1.165) is 5.56 Å². The molecule has 0 aliphatic carbocycles. The maximum atomic E-state index is 12.5. The van der Waals surface area contributed by atoms with Crippen LogP contribution in [0, 0.1) is 0 Å². The fourth-order valence-electron chi connectivity index (χ4n) is 1.51. The van der Waals surface area contributed by atoms with Crippen molar-refractivity contribution in [3.8, 4) is 0 Å². The molecule has 2 aromatic heterocycles. The molecule has 0 aliphatic rings. The summed E-state index contributed by atoms with van der Waals surface area (Å²) in [6.45, 7) is 0. The minimum atomic E-state index is -4.59. The molecule has 2 heterocycles. The van der Waals surface area contributed by atoms with Crippen molar-refractivity contribution in [2.45, 2.75) is 12.6 Å². The fraction of sp³-hybridized carbons (Fsp3) is 0.167. The van der Waals surface area contributed by atoms with E-state index in [-0.39, 0.29) is 6.42 Å². The van der Waals surface area contributed by atoms with Crippen molar-refractivity contribution >= 4 is 22.9 Å². The van der Waals surface area contributed by atoms with Crippen LogP contribution in [0.4, 0.5) is 18.9 Å². The Hall–Kier alpha value is -2.09. The monoisotopic (exact) mass is 302 g/mol. The summed E-state index contributed by atoms with van der Waals surface area (Å²) in [5, 5.41) is 5.71. The third kappa shape index (κ3) is 3.47. The van der Waals surface area contributed by atoms with Crippen molar-refractivity contribution in [1.82, 2.24) is 4.98 Å². The molecule has 0 radical (unpaired) electrons. The van der Waals surface area contributed by atoms with Gasteiger partial charge >= 0.3 is 6.18 Å². The van der Waals surface area contributed by atoms with Crippen LogP contribution < -0.4 is 10.9 Å². The van der Waals surface area contributed by atoms with E-state index in [1.165, 1.54) is 11.3 Å². The van der Waals surface area contributed by atoms with Gasteiger partial charge in [-0.1, -0.05) is 0 Å². The fourth-order valence-corrected chi connectivity index (χ4v) is 2.18. The first kappa shape index (κ1) is 14.3. The van der Waals surface area contributed by atoms with Crippen molar-refractivity contribution in [2.75, 3.05) is 5.32 Å². The molecule has 0 saturated carbocycles. The van der Waals surface area contributed by atoms with Gasteiger partial charge in [-0.05, 0) is 28.5 Å². The molecule has 2 aromatic rings. The summed E-state index contributed by atoms with van der Waals surface area (Å²) in [6.07, 6.45) is -4.02. The van der Waals surface area contributed by atoms with Gasteiger partial charge in [0.05, 0.1) is 12.0 Å². The quantitative estimate of drug-likeness (QED) is 0.915. The van der Waals surface area contributed by atoms with Crippen LogP contribution in [0.1, 0.15) is 11.1 Å². The van der Waals surface area contributed by atoms with E-state index in [1.54, 1.807) is 16.8 Å². The normalized spacial score (nSPS) is 11.3. The van der Waals surface area contributed by atoms with Crippen LogP contribution in [0.25, 0.3) is 0 Å². The Labute approximate surface area is 115 Å². The first-order valence-corrected chi connectivity index (χ1v) is 6.41. The molecule has 2 N–H and O–H groups in total. The number of carbonyl (C=O) groups is 1. The van der Waals surface area contributed by atoms with Gasteiger partial charge in [-0.3, -0.25) is 9.59 Å². The van der Waals surface area contributed by atoms with Crippen molar-refractivity contribution in [1.29, 1.82) is 0 Å². The molecule has 8 heteroatoms. The second-order valence-corrected chi connectivity index (χ2v) is 4.77. The zero-order chi connectivity index (χ0) is 14.8. The summed E-state index contributed by atoms with van der Waals surface area (Å²) in [4.78, 5) is 25.0. The van der Waals surface area contributed by atoms with Gasteiger partial charge in [-0.15, -0.1) is 0 Å². The Morgan fingerprint density at radius 3 is 2.75 bits per heavy atom. The number of alkyl halides is 3. The van der Waals surface area contributed by atoms with Crippen LogP contribution in [-0.2, 0) is 17.4 Å². The van der Waals surface area contributed by atoms with Gasteiger partial charge in [-0.25, -0.2) is 0 Å². The van der Waals surface area contributed by atoms with E-state index < -0.39 is 28.9 Å². The Bertz CT molecular complexity index is 662. The SMILES string of the molecule is O=C(Cc1ccsc1)Nc1cc(C(F)(F)F)c[nH]c1=O. The number of aromatic amines is 1. The Morgan fingerprint density at radius 1 is 1.40 bits per heavy atom. The molecule has 0 spiro atoms. The van der Waals surface area contributed by atoms with Crippen LogP contribution in [0.2, 0.25) is 0 Å². The molecule has 0 fully saturated rings. The minimum absolute atomic E-state index is 0.000808. The van der Waals surface area contributed by atoms with Crippen molar-refractivity contribution in [3.63, 3.8) is 0 Å². The molecule has 4 nitrogen and oxygen atoms in total. The second kappa shape index (κ2) is 5.49. The Morgan fingerprint density at radius 2 is 2.15 bits per heavy atom. The van der Waals surface area contributed by atoms with E-state index in [4.69, 9.17) is 0 Å². The van der Waals surface area contributed by atoms with Crippen molar-refractivity contribution < 1.29 is 18.0 Å². The third-order valence-electron chi connectivity index (χ3n) is 2.45. The third-order valence-corrected chi connectivity index (χ3v) is 3.18. The van der Waals surface area contributed by atoms with Crippen molar-refractivity contribution in [3.05, 3.63) is 50.6 Å². The summed E-state index contributed by atoms with van der Waals surface area (Å²) in [5.74, 6) is -0.548. The van der Waals surface area contributed by atoms with Gasteiger partial charge in [0.1, 0.15) is 5.69 Å². The number of pyridine rings is 1. The lowest BCUT2D eigenvalue weighted by Gasteiger charge is -2.08. The number of hydrogen-bond acceptors (Lipinski definition) is 3. The van der Waals surface area contributed by atoms with E-state index in [1.807, 2.05) is 4.98 Å². The lowest BCUT2D eigenvalue weighted by atomic mass is 10.2. The van der Waals surface area contributed by atoms with E-state index in [9.17, 15) is 22.8 Å². The summed E-state index contributed by atoms with van der Waals surface area (Å²) in [5.41, 5.74) is -1.49. The summed E-state index contributed by atoms with van der Waals surface area (Å²) < 4.78 is 37.5. The van der Waals surface area contributed by atoms with Crippen LogP contribution >= 0.6 is 11.3 Å². The maximum absolute atomic E-state index is 12.5. The van der Waals surface area contributed by atoms with Gasteiger partial charge in [0.25, 0.3) is 5.56 Å². The first-order chi connectivity index (χ1) is 9.36. The Kier molecular flexibility index (Phi) is 3.93. The molecule has 1 amide bonds. The van der Waals surface area contributed by atoms with Gasteiger partial charge in [0, 0.05) is 6.20 Å². The molecule has 0 saturated heterocycles. The average Bonchev–Trinajstić information content (AvgIpc) is 2.83. The Balaban J connectivity index is 2.16. The van der Waals surface area contributed by atoms with Gasteiger partial charge in [-0.2, -0.15) is 24.5 Å². The highest BCUT2D eigenvalue weighted by Crippen LogP contribution is 2.29. The number of halogens is 3. The smallest absolute Gasteiger partial charge is 0.327 e. The number of aromatic nitrogens is 1. The number of hydrogen-bond donors (Lipinski definition) is 2. The topological polar surface area (TPSA) is 62.0 Å². The predicted molar refractivity (Wildman–Crippen MR) is 68.7 cm³/mol. The van der Waals surface area contributed by atoms with Crippen LogP contribution in [0.5, 0.6) is 0 Å². The predicted octanol–water partition coefficient (Wildman–Crippen LogP) is 2.64. The number of amides is 1. The molecule has 0 aromatic carbocycles. The van der Waals surface area contributed by atoms with Crippen molar-refractivity contribution in [2.24, 2.45) is 0 Å². The number of carbonyl (C=O) groups excluding carboxylic acids is 1. The molecule has 0 bridgehead atoms. The van der Waals surface area contributed by atoms with E-state index in [0.29, 0.717) is 12.3 Å². The second-order valence-electron chi connectivity index (χ2n) is 3.99. The lowest BCUT2D eigenvalue weighted by Crippen LogP contribution is -2.22. The molecule has 106 valence electrons. The number of anilines is 1. The van der Waals surface area contributed by atoms with E-state index in [2.05, 4.69) is 5.32 Å². The molecule has 0 unspecified atom stereocenters. The molecule has 20 heavy (non-hydrogen) atoms. The van der Waals surface area contributed by atoms with Gasteiger partial charge in [0.15, 0.2) is 0 Å². The largest absolute Gasteiger partial charge is 0.417 e. The van der Waals surface area contributed by atoms with Crippen LogP contribution in [-0.4, -0.2) is 10.9 Å².